The summed E-state index contributed by atoms with van der Waals surface area (Å²) in [6.07, 6.45) is -0.326. The summed E-state index contributed by atoms with van der Waals surface area (Å²) in [7, 11) is 1.71. The lowest BCUT2D eigenvalue weighted by molar-refractivity contribution is -0.141. The first kappa shape index (κ1) is 18.6. The fraction of sp³-hybridized carbons (Fsp3) is 0.235. The predicted molar refractivity (Wildman–Crippen MR) is 86.8 cm³/mol. The Morgan fingerprint density at radius 2 is 2.04 bits per heavy atom. The molecule has 10 heteroatoms. The first-order chi connectivity index (χ1) is 12.7. The average molecular weight is 381 g/mol. The molecule has 1 aromatic carbocycles. The van der Waals surface area contributed by atoms with Crippen molar-refractivity contribution in [3.63, 3.8) is 0 Å². The Morgan fingerprint density at radius 1 is 1.26 bits per heavy atom. The second-order valence-electron chi connectivity index (χ2n) is 5.85. The smallest absolute Gasteiger partial charge is 0.340 e. The maximum atomic E-state index is 13.6. The highest BCUT2D eigenvalue weighted by molar-refractivity contribution is 5.76. The molecule has 0 aliphatic heterocycles. The fourth-order valence-electron chi connectivity index (χ4n) is 2.59. The largest absolute Gasteiger partial charge is 0.435 e. The van der Waals surface area contributed by atoms with E-state index in [1.165, 1.54) is 24.4 Å². The number of aromatic nitrogens is 4. The summed E-state index contributed by atoms with van der Waals surface area (Å²) in [5.41, 5.74) is -0.629. The average Bonchev–Trinajstić information content (AvgIpc) is 3.21. The molecule has 0 spiro atoms. The van der Waals surface area contributed by atoms with E-state index >= 15 is 0 Å². The second-order valence-corrected chi connectivity index (χ2v) is 5.85. The van der Waals surface area contributed by atoms with Crippen molar-refractivity contribution >= 4 is 5.91 Å². The second kappa shape index (κ2) is 7.22. The Kier molecular flexibility index (Phi) is 4.98. The Labute approximate surface area is 151 Å². The van der Waals surface area contributed by atoms with Crippen molar-refractivity contribution < 1.29 is 22.4 Å². The van der Waals surface area contributed by atoms with Gasteiger partial charge in [-0.15, -0.1) is 0 Å². The van der Waals surface area contributed by atoms with Gasteiger partial charge in [0.25, 0.3) is 0 Å². The summed E-state index contributed by atoms with van der Waals surface area (Å²) in [4.78, 5) is 16.5. The third-order valence-electron chi connectivity index (χ3n) is 3.84. The molecule has 2 heterocycles. The third kappa shape index (κ3) is 4.33. The number of amides is 1. The molecule has 3 aromatic rings. The number of aryl methyl sites for hydroxylation is 1. The van der Waals surface area contributed by atoms with Crippen LogP contribution in [0.5, 0.6) is 0 Å². The first-order valence-corrected chi connectivity index (χ1v) is 7.87. The van der Waals surface area contributed by atoms with Gasteiger partial charge in [0.05, 0.1) is 0 Å². The fourth-order valence-corrected chi connectivity index (χ4v) is 2.59. The summed E-state index contributed by atoms with van der Waals surface area (Å²) in [5, 5.41) is 6.02. The summed E-state index contributed by atoms with van der Waals surface area (Å²) >= 11 is 0. The van der Waals surface area contributed by atoms with E-state index in [1.807, 2.05) is 0 Å². The molecule has 6 nitrogen and oxygen atoms in total. The Bertz CT molecular complexity index is 947. The van der Waals surface area contributed by atoms with Crippen LogP contribution in [0.2, 0.25) is 0 Å². The Balaban J connectivity index is 1.81. The van der Waals surface area contributed by atoms with Crippen LogP contribution in [0.15, 0.2) is 48.9 Å². The van der Waals surface area contributed by atoms with Crippen molar-refractivity contribution in [2.24, 2.45) is 7.05 Å². The zero-order valence-electron chi connectivity index (χ0n) is 14.1. The minimum Gasteiger partial charge on any atom is -0.340 e. The molecular weight excluding hydrogens is 366 g/mol. The first-order valence-electron chi connectivity index (χ1n) is 7.87. The highest BCUT2D eigenvalue weighted by Gasteiger charge is 2.33. The lowest BCUT2D eigenvalue weighted by atomic mass is 10.1. The number of imidazole rings is 1. The molecule has 2 aromatic heterocycles. The van der Waals surface area contributed by atoms with Crippen molar-refractivity contribution in [1.82, 2.24) is 24.6 Å². The molecule has 0 radical (unpaired) electrons. The lowest BCUT2D eigenvalue weighted by Crippen LogP contribution is -2.33. The number of carbonyl (C=O) groups is 1. The summed E-state index contributed by atoms with van der Waals surface area (Å²) < 4.78 is 54.0. The molecule has 0 saturated carbocycles. The van der Waals surface area contributed by atoms with Gasteiger partial charge >= 0.3 is 6.18 Å². The van der Waals surface area contributed by atoms with Gasteiger partial charge in [-0.3, -0.25) is 9.48 Å². The van der Waals surface area contributed by atoms with Crippen LogP contribution in [-0.4, -0.2) is 25.2 Å². The molecular formula is C17H15F4N5O. The van der Waals surface area contributed by atoms with Gasteiger partial charge in [0.1, 0.15) is 24.2 Å². The Hall–Kier alpha value is -3.17. The molecule has 0 bridgehead atoms. The maximum absolute atomic E-state index is 13.6. The molecule has 0 saturated heterocycles. The molecule has 0 fully saturated rings. The van der Waals surface area contributed by atoms with Crippen molar-refractivity contribution in [3.8, 4) is 0 Å². The van der Waals surface area contributed by atoms with Gasteiger partial charge in [0.2, 0.25) is 5.91 Å². The molecule has 1 amide bonds. The van der Waals surface area contributed by atoms with Crippen LogP contribution < -0.4 is 5.32 Å². The topological polar surface area (TPSA) is 64.7 Å². The van der Waals surface area contributed by atoms with Gasteiger partial charge in [0, 0.05) is 25.6 Å². The van der Waals surface area contributed by atoms with Crippen molar-refractivity contribution in [2.75, 3.05) is 0 Å². The molecule has 0 aliphatic rings. The predicted octanol–water partition coefficient (Wildman–Crippen LogP) is 2.68. The Morgan fingerprint density at radius 3 is 2.63 bits per heavy atom. The number of rotatable bonds is 5. The lowest BCUT2D eigenvalue weighted by Gasteiger charge is -2.19. The number of hydrogen-bond acceptors (Lipinski definition) is 3. The number of nitrogens with one attached hydrogen (secondary N) is 1. The van der Waals surface area contributed by atoms with Crippen molar-refractivity contribution in [2.45, 2.75) is 18.8 Å². The van der Waals surface area contributed by atoms with E-state index < -0.39 is 36.2 Å². The molecule has 1 unspecified atom stereocenters. The van der Waals surface area contributed by atoms with Crippen LogP contribution in [-0.2, 0) is 24.6 Å². The van der Waals surface area contributed by atoms with Gasteiger partial charge in [-0.2, -0.15) is 18.3 Å². The maximum Gasteiger partial charge on any atom is 0.435 e. The van der Waals surface area contributed by atoms with Crippen LogP contribution in [0, 0.1) is 5.82 Å². The van der Waals surface area contributed by atoms with Gasteiger partial charge in [-0.05, 0) is 23.8 Å². The summed E-state index contributed by atoms with van der Waals surface area (Å²) in [6.45, 7) is -0.424. The minimum atomic E-state index is -4.58. The zero-order chi connectivity index (χ0) is 19.6. The van der Waals surface area contributed by atoms with Crippen LogP contribution >= 0.6 is 0 Å². The molecule has 0 aliphatic carbocycles. The SMILES string of the molecule is Cn1ccnc1C(NC(=O)Cn1ccc(C(F)(F)F)n1)c1cccc(F)c1. The van der Waals surface area contributed by atoms with Crippen molar-refractivity contribution in [1.29, 1.82) is 0 Å². The molecule has 1 atom stereocenters. The monoisotopic (exact) mass is 381 g/mol. The van der Waals surface area contributed by atoms with Crippen LogP contribution in [0.4, 0.5) is 17.6 Å². The highest BCUT2D eigenvalue weighted by atomic mass is 19.4. The number of hydrogen-bond donors (Lipinski definition) is 1. The molecule has 27 heavy (non-hydrogen) atoms. The van der Waals surface area contributed by atoms with Crippen LogP contribution in [0.1, 0.15) is 23.1 Å². The minimum absolute atomic E-state index is 0.424. The number of carbonyl (C=O) groups excluding carboxylic acids is 1. The van der Waals surface area contributed by atoms with E-state index in [-0.39, 0.29) is 0 Å². The highest BCUT2D eigenvalue weighted by Crippen LogP contribution is 2.27. The van der Waals surface area contributed by atoms with E-state index in [9.17, 15) is 22.4 Å². The summed E-state index contributed by atoms with van der Waals surface area (Å²) in [6, 6.07) is 5.66. The van der Waals surface area contributed by atoms with Crippen LogP contribution in [0.3, 0.4) is 0 Å². The standard InChI is InChI=1S/C17H15F4N5O/c1-25-8-6-22-16(25)15(11-3-2-4-12(18)9-11)23-14(27)10-26-7-5-13(24-26)17(19,20)21/h2-9,15H,10H2,1H3,(H,23,27). The van der Waals surface area contributed by atoms with E-state index in [4.69, 9.17) is 0 Å². The van der Waals surface area contributed by atoms with E-state index in [0.717, 1.165) is 16.9 Å². The van der Waals surface area contributed by atoms with E-state index in [2.05, 4.69) is 15.4 Å². The van der Waals surface area contributed by atoms with Crippen LogP contribution in [0.25, 0.3) is 0 Å². The normalized spacial score (nSPS) is 12.8. The number of halogens is 4. The zero-order valence-corrected chi connectivity index (χ0v) is 14.1. The van der Waals surface area contributed by atoms with E-state index in [0.29, 0.717) is 11.4 Å². The van der Waals surface area contributed by atoms with Gasteiger partial charge < -0.3 is 9.88 Å². The van der Waals surface area contributed by atoms with Gasteiger partial charge in [-0.1, -0.05) is 12.1 Å². The van der Waals surface area contributed by atoms with Gasteiger partial charge in [-0.25, -0.2) is 9.37 Å². The van der Waals surface area contributed by atoms with E-state index in [1.54, 1.807) is 23.9 Å². The van der Waals surface area contributed by atoms with Gasteiger partial charge in [0.15, 0.2) is 5.69 Å². The third-order valence-corrected chi connectivity index (χ3v) is 3.84. The molecule has 142 valence electrons. The number of benzene rings is 1. The quantitative estimate of drug-likeness (QED) is 0.691. The van der Waals surface area contributed by atoms with Crippen molar-refractivity contribution in [3.05, 3.63) is 71.8 Å². The molecule has 1 N–H and O–H groups in total. The number of alkyl halides is 3. The number of nitrogens with zero attached hydrogens (tertiary/aromatic N) is 4. The summed E-state index contributed by atoms with van der Waals surface area (Å²) in [5.74, 6) is -0.627. The molecule has 3 rings (SSSR count).